The van der Waals surface area contributed by atoms with Crippen LogP contribution in [0.25, 0.3) is 11.3 Å². The van der Waals surface area contributed by atoms with Crippen molar-refractivity contribution in [3.63, 3.8) is 0 Å². The summed E-state index contributed by atoms with van der Waals surface area (Å²) in [4.78, 5) is 10.7. The molecule has 3 nitrogen and oxygen atoms in total. The van der Waals surface area contributed by atoms with Crippen molar-refractivity contribution in [3.05, 3.63) is 40.5 Å². The Morgan fingerprint density at radius 1 is 1.38 bits per heavy atom. The van der Waals surface area contributed by atoms with Gasteiger partial charge in [0.1, 0.15) is 5.69 Å². The van der Waals surface area contributed by atoms with E-state index in [1.165, 1.54) is 0 Å². The van der Waals surface area contributed by atoms with Crippen molar-refractivity contribution in [3.8, 4) is 11.3 Å². The first kappa shape index (κ1) is 10.9. The number of nitrogens with zero attached hydrogens (tertiary/aromatic N) is 2. The Morgan fingerprint density at radius 3 is 2.69 bits per heavy atom. The second-order valence-electron chi connectivity index (χ2n) is 3.66. The Morgan fingerprint density at radius 2 is 2.12 bits per heavy atom. The summed E-state index contributed by atoms with van der Waals surface area (Å²) in [5.41, 5.74) is 3.30. The summed E-state index contributed by atoms with van der Waals surface area (Å²) in [6.07, 6.45) is 0.791. The van der Waals surface area contributed by atoms with Crippen LogP contribution in [0.2, 0.25) is 5.02 Å². The van der Waals surface area contributed by atoms with Crippen LogP contribution in [0.3, 0.4) is 0 Å². The third-order valence-corrected chi connectivity index (χ3v) is 2.91. The van der Waals surface area contributed by atoms with E-state index in [-0.39, 0.29) is 0 Å². The molecule has 0 bridgehead atoms. The molecule has 0 saturated carbocycles. The Bertz CT molecular complexity index is 546. The molecule has 1 aromatic heterocycles. The molecule has 0 fully saturated rings. The lowest BCUT2D eigenvalue weighted by molar-refractivity contribution is 0.111. The van der Waals surface area contributed by atoms with E-state index in [4.69, 9.17) is 11.6 Å². The van der Waals surface area contributed by atoms with Gasteiger partial charge in [0.15, 0.2) is 6.29 Å². The predicted molar refractivity (Wildman–Crippen MR) is 63.8 cm³/mol. The SMILES string of the molecule is Cc1cc(-c2cc(C=O)n(C)n2)ccc1Cl. The fourth-order valence-corrected chi connectivity index (χ4v) is 1.65. The van der Waals surface area contributed by atoms with E-state index in [9.17, 15) is 4.79 Å². The smallest absolute Gasteiger partial charge is 0.168 e. The number of hydrogen-bond acceptors (Lipinski definition) is 2. The number of benzene rings is 1. The summed E-state index contributed by atoms with van der Waals surface area (Å²) < 4.78 is 1.56. The maximum absolute atomic E-state index is 10.7. The molecule has 0 aliphatic heterocycles. The van der Waals surface area contributed by atoms with Gasteiger partial charge in [-0.25, -0.2) is 0 Å². The average molecular weight is 235 g/mol. The highest BCUT2D eigenvalue weighted by atomic mass is 35.5. The van der Waals surface area contributed by atoms with Crippen LogP contribution in [0.15, 0.2) is 24.3 Å². The molecule has 0 unspecified atom stereocenters. The van der Waals surface area contributed by atoms with Crippen molar-refractivity contribution < 1.29 is 4.79 Å². The van der Waals surface area contributed by atoms with Crippen LogP contribution in [0.1, 0.15) is 16.1 Å². The molecule has 82 valence electrons. The molecule has 0 saturated heterocycles. The fourth-order valence-electron chi connectivity index (χ4n) is 1.54. The van der Waals surface area contributed by atoms with Crippen molar-refractivity contribution in [1.82, 2.24) is 9.78 Å². The molecule has 16 heavy (non-hydrogen) atoms. The first-order chi connectivity index (χ1) is 7.61. The molecule has 2 rings (SSSR count). The van der Waals surface area contributed by atoms with E-state index >= 15 is 0 Å². The number of aryl methyl sites for hydroxylation is 2. The van der Waals surface area contributed by atoms with E-state index in [1.54, 1.807) is 17.8 Å². The van der Waals surface area contributed by atoms with Gasteiger partial charge in [-0.1, -0.05) is 17.7 Å². The van der Waals surface area contributed by atoms with Gasteiger partial charge < -0.3 is 0 Å². The van der Waals surface area contributed by atoms with Crippen LogP contribution in [0, 0.1) is 6.92 Å². The van der Waals surface area contributed by atoms with Gasteiger partial charge in [-0.15, -0.1) is 0 Å². The van der Waals surface area contributed by atoms with Crippen LogP contribution in [-0.4, -0.2) is 16.1 Å². The zero-order valence-corrected chi connectivity index (χ0v) is 9.82. The topological polar surface area (TPSA) is 34.9 Å². The van der Waals surface area contributed by atoms with Gasteiger partial charge >= 0.3 is 0 Å². The second-order valence-corrected chi connectivity index (χ2v) is 4.07. The summed E-state index contributed by atoms with van der Waals surface area (Å²) >= 11 is 5.95. The summed E-state index contributed by atoms with van der Waals surface area (Å²) in [5, 5.41) is 5.00. The minimum Gasteiger partial charge on any atom is -0.296 e. The van der Waals surface area contributed by atoms with Crippen LogP contribution in [0.5, 0.6) is 0 Å². The maximum atomic E-state index is 10.7. The first-order valence-corrected chi connectivity index (χ1v) is 5.25. The summed E-state index contributed by atoms with van der Waals surface area (Å²) in [7, 11) is 1.75. The zero-order chi connectivity index (χ0) is 11.7. The van der Waals surface area contributed by atoms with Crippen LogP contribution >= 0.6 is 11.6 Å². The van der Waals surface area contributed by atoms with Crippen molar-refractivity contribution in [1.29, 1.82) is 0 Å². The normalized spacial score (nSPS) is 10.4. The Hall–Kier alpha value is -1.61. The number of carbonyl (C=O) groups is 1. The van der Waals surface area contributed by atoms with E-state index in [0.717, 1.165) is 28.1 Å². The number of halogens is 1. The van der Waals surface area contributed by atoms with E-state index in [1.807, 2.05) is 25.1 Å². The number of aromatic nitrogens is 2. The molecule has 1 aromatic carbocycles. The van der Waals surface area contributed by atoms with E-state index < -0.39 is 0 Å². The number of aldehydes is 1. The highest BCUT2D eigenvalue weighted by molar-refractivity contribution is 6.31. The number of carbonyl (C=O) groups excluding carboxylic acids is 1. The Balaban J connectivity index is 2.50. The van der Waals surface area contributed by atoms with Crippen molar-refractivity contribution in [2.24, 2.45) is 7.05 Å². The van der Waals surface area contributed by atoms with E-state index in [2.05, 4.69) is 5.10 Å². The van der Waals surface area contributed by atoms with Crippen molar-refractivity contribution in [2.45, 2.75) is 6.92 Å². The first-order valence-electron chi connectivity index (χ1n) is 4.87. The molecule has 0 aliphatic rings. The third kappa shape index (κ3) is 1.86. The monoisotopic (exact) mass is 234 g/mol. The number of rotatable bonds is 2. The van der Waals surface area contributed by atoms with Gasteiger partial charge in [0.05, 0.1) is 5.69 Å². The molecule has 0 N–H and O–H groups in total. The fraction of sp³-hybridized carbons (Fsp3) is 0.167. The van der Waals surface area contributed by atoms with Gasteiger partial charge in [0.25, 0.3) is 0 Å². The molecule has 0 spiro atoms. The summed E-state index contributed by atoms with van der Waals surface area (Å²) in [6, 6.07) is 7.45. The van der Waals surface area contributed by atoms with E-state index in [0.29, 0.717) is 5.69 Å². The number of hydrogen-bond donors (Lipinski definition) is 0. The minimum absolute atomic E-state index is 0.558. The molecular formula is C12H11ClN2O. The van der Waals surface area contributed by atoms with Gasteiger partial charge in [-0.2, -0.15) is 5.10 Å². The maximum Gasteiger partial charge on any atom is 0.168 e. The Labute approximate surface area is 98.7 Å². The van der Waals surface area contributed by atoms with Crippen LogP contribution < -0.4 is 0 Å². The lowest BCUT2D eigenvalue weighted by Gasteiger charge is -2.00. The minimum atomic E-state index is 0.558. The molecule has 4 heteroatoms. The van der Waals surface area contributed by atoms with Gasteiger partial charge in [-0.05, 0) is 30.7 Å². The predicted octanol–water partition coefficient (Wildman–Crippen LogP) is 2.86. The van der Waals surface area contributed by atoms with Gasteiger partial charge in [0, 0.05) is 17.6 Å². The van der Waals surface area contributed by atoms with Gasteiger partial charge in [0.2, 0.25) is 0 Å². The summed E-state index contributed by atoms with van der Waals surface area (Å²) in [6.45, 7) is 1.94. The molecule has 2 aromatic rings. The molecule has 0 atom stereocenters. The summed E-state index contributed by atoms with van der Waals surface area (Å²) in [5.74, 6) is 0. The highest BCUT2D eigenvalue weighted by Crippen LogP contribution is 2.23. The molecule has 0 aliphatic carbocycles. The van der Waals surface area contributed by atoms with Crippen LogP contribution in [-0.2, 0) is 7.05 Å². The highest BCUT2D eigenvalue weighted by Gasteiger charge is 2.07. The molecule has 0 radical (unpaired) electrons. The van der Waals surface area contributed by atoms with Crippen molar-refractivity contribution >= 4 is 17.9 Å². The third-order valence-electron chi connectivity index (χ3n) is 2.49. The average Bonchev–Trinajstić information content (AvgIpc) is 2.64. The molecule has 0 amide bonds. The molecule has 1 heterocycles. The largest absolute Gasteiger partial charge is 0.296 e. The van der Waals surface area contributed by atoms with Crippen molar-refractivity contribution in [2.75, 3.05) is 0 Å². The van der Waals surface area contributed by atoms with Gasteiger partial charge in [-0.3, -0.25) is 9.48 Å². The quantitative estimate of drug-likeness (QED) is 0.749. The Kier molecular flexibility index (Phi) is 2.79. The lowest BCUT2D eigenvalue weighted by atomic mass is 10.1. The lowest BCUT2D eigenvalue weighted by Crippen LogP contribution is -1.95. The standard InChI is InChI=1S/C12H11ClN2O/c1-8-5-9(3-4-11(8)13)12-6-10(7-16)15(2)14-12/h3-7H,1-2H3. The van der Waals surface area contributed by atoms with Crippen LogP contribution in [0.4, 0.5) is 0 Å². The second kappa shape index (κ2) is 4.10. The zero-order valence-electron chi connectivity index (χ0n) is 9.07. The molecular weight excluding hydrogens is 224 g/mol.